The van der Waals surface area contributed by atoms with E-state index >= 15 is 0 Å². The quantitative estimate of drug-likeness (QED) is 0.913. The Morgan fingerprint density at radius 3 is 2.79 bits per heavy atom. The molecule has 1 aromatic rings. The van der Waals surface area contributed by atoms with E-state index < -0.39 is 10.0 Å². The van der Waals surface area contributed by atoms with Gasteiger partial charge >= 0.3 is 0 Å². The summed E-state index contributed by atoms with van der Waals surface area (Å²) >= 11 is 3.32. The van der Waals surface area contributed by atoms with Gasteiger partial charge in [0, 0.05) is 17.1 Å². The van der Waals surface area contributed by atoms with Gasteiger partial charge in [0.25, 0.3) is 0 Å². The van der Waals surface area contributed by atoms with Gasteiger partial charge in [0.15, 0.2) is 0 Å². The molecule has 1 aliphatic rings. The Hall–Kier alpha value is -0.430. The zero-order chi connectivity index (χ0) is 14.0. The number of halogens is 1. The van der Waals surface area contributed by atoms with Gasteiger partial charge in [-0.2, -0.15) is 0 Å². The summed E-state index contributed by atoms with van der Waals surface area (Å²) in [5.74, 6) is 0.188. The van der Waals surface area contributed by atoms with Crippen LogP contribution in [0.1, 0.15) is 18.9 Å². The van der Waals surface area contributed by atoms with Crippen molar-refractivity contribution in [2.75, 3.05) is 13.2 Å². The van der Waals surface area contributed by atoms with Crippen LogP contribution in [0.3, 0.4) is 0 Å². The van der Waals surface area contributed by atoms with Crippen molar-refractivity contribution in [2.45, 2.75) is 31.2 Å². The third kappa shape index (κ3) is 3.56. The van der Waals surface area contributed by atoms with Crippen molar-refractivity contribution >= 4 is 26.0 Å². The number of nitrogens with one attached hydrogen (secondary N) is 1. The molecular formula is C13H18BrNO3S. The molecule has 106 valence electrons. The molecule has 0 aliphatic carbocycles. The van der Waals surface area contributed by atoms with Gasteiger partial charge in [-0.3, -0.25) is 0 Å². The van der Waals surface area contributed by atoms with E-state index in [0.717, 1.165) is 5.56 Å². The third-order valence-electron chi connectivity index (χ3n) is 3.32. The molecule has 1 N–H and O–H groups in total. The number of benzene rings is 1. The van der Waals surface area contributed by atoms with Crippen molar-refractivity contribution in [3.8, 4) is 0 Å². The van der Waals surface area contributed by atoms with Crippen LogP contribution in [0.25, 0.3) is 0 Å². The minimum absolute atomic E-state index is 0.0630. The maximum absolute atomic E-state index is 12.4. The van der Waals surface area contributed by atoms with E-state index in [2.05, 4.69) is 20.7 Å². The smallest absolute Gasteiger partial charge is 0.241 e. The van der Waals surface area contributed by atoms with Gasteiger partial charge in [-0.15, -0.1) is 0 Å². The molecule has 0 saturated carbocycles. The summed E-state index contributed by atoms with van der Waals surface area (Å²) in [5.41, 5.74) is 1.02. The van der Waals surface area contributed by atoms with Crippen LogP contribution in [-0.4, -0.2) is 27.7 Å². The zero-order valence-electron chi connectivity index (χ0n) is 11.0. The summed E-state index contributed by atoms with van der Waals surface area (Å²) in [6, 6.07) is 5.17. The first-order chi connectivity index (χ1) is 8.90. The van der Waals surface area contributed by atoms with E-state index in [-0.39, 0.29) is 16.9 Å². The molecule has 0 aromatic heterocycles. The van der Waals surface area contributed by atoms with E-state index in [0.29, 0.717) is 24.1 Å². The molecule has 2 atom stereocenters. The molecule has 6 heteroatoms. The molecule has 0 spiro atoms. The van der Waals surface area contributed by atoms with Crippen LogP contribution >= 0.6 is 15.9 Å². The van der Waals surface area contributed by atoms with Crippen LogP contribution in [-0.2, 0) is 14.8 Å². The molecule has 1 saturated heterocycles. The fourth-order valence-electron chi connectivity index (χ4n) is 2.14. The number of ether oxygens (including phenoxy) is 1. The molecule has 1 heterocycles. The second-order valence-corrected chi connectivity index (χ2v) is 7.54. The predicted octanol–water partition coefficient (Wildman–Crippen LogP) is 2.46. The molecule has 1 aliphatic heterocycles. The van der Waals surface area contributed by atoms with Crippen LogP contribution < -0.4 is 4.72 Å². The normalized spacial score (nSPS) is 24.4. The maximum Gasteiger partial charge on any atom is 0.241 e. The average Bonchev–Trinajstić information content (AvgIpc) is 2.31. The highest BCUT2D eigenvalue weighted by atomic mass is 79.9. The third-order valence-corrected chi connectivity index (χ3v) is 5.79. The maximum atomic E-state index is 12.4. The van der Waals surface area contributed by atoms with E-state index in [4.69, 9.17) is 4.74 Å². The summed E-state index contributed by atoms with van der Waals surface area (Å²) in [5, 5.41) is 0. The summed E-state index contributed by atoms with van der Waals surface area (Å²) in [7, 11) is -3.49. The first kappa shape index (κ1) is 15.0. The Kier molecular flexibility index (Phi) is 4.66. The predicted molar refractivity (Wildman–Crippen MR) is 77.6 cm³/mol. The topological polar surface area (TPSA) is 55.4 Å². The molecule has 4 nitrogen and oxygen atoms in total. The van der Waals surface area contributed by atoms with Gasteiger partial charge < -0.3 is 4.74 Å². The minimum Gasteiger partial charge on any atom is -0.381 e. The zero-order valence-corrected chi connectivity index (χ0v) is 13.4. The van der Waals surface area contributed by atoms with Gasteiger partial charge in [0.05, 0.1) is 11.5 Å². The Bertz CT molecular complexity index is 559. The highest BCUT2D eigenvalue weighted by Crippen LogP contribution is 2.24. The lowest BCUT2D eigenvalue weighted by Crippen LogP contribution is -2.44. The van der Waals surface area contributed by atoms with Crippen LogP contribution in [0, 0.1) is 12.8 Å². The van der Waals surface area contributed by atoms with Crippen LogP contribution in [0.4, 0.5) is 0 Å². The lowest BCUT2D eigenvalue weighted by molar-refractivity contribution is 0.0450. The summed E-state index contributed by atoms with van der Waals surface area (Å²) < 4.78 is 33.5. The van der Waals surface area contributed by atoms with E-state index in [9.17, 15) is 8.42 Å². The number of hydrogen-bond acceptors (Lipinski definition) is 3. The first-order valence-electron chi connectivity index (χ1n) is 6.26. The van der Waals surface area contributed by atoms with Crippen molar-refractivity contribution in [3.05, 3.63) is 28.2 Å². The molecule has 0 radical (unpaired) electrons. The van der Waals surface area contributed by atoms with Crippen LogP contribution in [0.5, 0.6) is 0 Å². The molecule has 1 fully saturated rings. The number of hydrogen-bond donors (Lipinski definition) is 1. The van der Waals surface area contributed by atoms with Crippen molar-refractivity contribution in [1.82, 2.24) is 4.72 Å². The fourth-order valence-corrected chi connectivity index (χ4v) is 4.71. The van der Waals surface area contributed by atoms with Gasteiger partial charge in [-0.25, -0.2) is 13.1 Å². The van der Waals surface area contributed by atoms with Gasteiger partial charge in [-0.1, -0.05) is 13.0 Å². The Labute approximate surface area is 122 Å². The first-order valence-corrected chi connectivity index (χ1v) is 8.54. The van der Waals surface area contributed by atoms with Crippen molar-refractivity contribution < 1.29 is 13.2 Å². The van der Waals surface area contributed by atoms with Crippen LogP contribution in [0.2, 0.25) is 0 Å². The monoisotopic (exact) mass is 347 g/mol. The van der Waals surface area contributed by atoms with Gasteiger partial charge in [0.2, 0.25) is 10.0 Å². The van der Waals surface area contributed by atoms with E-state index in [1.165, 1.54) is 0 Å². The molecule has 2 unspecified atom stereocenters. The highest BCUT2D eigenvalue weighted by molar-refractivity contribution is 9.10. The largest absolute Gasteiger partial charge is 0.381 e. The van der Waals surface area contributed by atoms with Crippen molar-refractivity contribution in [1.29, 1.82) is 0 Å². The number of sulfonamides is 1. The summed E-state index contributed by atoms with van der Waals surface area (Å²) in [4.78, 5) is 0.289. The Balaban J connectivity index is 2.22. The average molecular weight is 348 g/mol. The number of aryl methyl sites for hydroxylation is 1. The SMILES string of the molecule is Cc1ccc(S(=O)(=O)NC2CCOCC2C)c(Br)c1. The van der Waals surface area contributed by atoms with Crippen molar-refractivity contribution in [2.24, 2.45) is 5.92 Å². The molecule has 0 bridgehead atoms. The number of rotatable bonds is 3. The summed E-state index contributed by atoms with van der Waals surface area (Å²) in [6.45, 7) is 5.13. The minimum atomic E-state index is -3.49. The van der Waals surface area contributed by atoms with Crippen molar-refractivity contribution in [3.63, 3.8) is 0 Å². The lowest BCUT2D eigenvalue weighted by atomic mass is 9.99. The van der Waals surface area contributed by atoms with Gasteiger partial charge in [-0.05, 0) is 52.9 Å². The summed E-state index contributed by atoms with van der Waals surface area (Å²) in [6.07, 6.45) is 0.712. The second-order valence-electron chi connectivity index (χ2n) is 5.00. The standard InChI is InChI=1S/C13H18BrNO3S/c1-9-3-4-13(11(14)7-9)19(16,17)15-12-5-6-18-8-10(12)2/h3-4,7,10,12,15H,5-6,8H2,1-2H3. The Morgan fingerprint density at radius 1 is 1.42 bits per heavy atom. The van der Waals surface area contributed by atoms with E-state index in [1.54, 1.807) is 12.1 Å². The molecule has 0 amide bonds. The highest BCUT2D eigenvalue weighted by Gasteiger charge is 2.28. The Morgan fingerprint density at radius 2 is 2.16 bits per heavy atom. The fraction of sp³-hybridized carbons (Fsp3) is 0.538. The lowest BCUT2D eigenvalue weighted by Gasteiger charge is -2.29. The molecule has 2 rings (SSSR count). The van der Waals surface area contributed by atoms with E-state index in [1.807, 2.05) is 19.9 Å². The van der Waals surface area contributed by atoms with Gasteiger partial charge in [0.1, 0.15) is 0 Å². The molecule has 19 heavy (non-hydrogen) atoms. The molecule has 1 aromatic carbocycles. The second kappa shape index (κ2) is 5.91. The molecular weight excluding hydrogens is 330 g/mol. The van der Waals surface area contributed by atoms with Crippen LogP contribution in [0.15, 0.2) is 27.6 Å².